The Labute approximate surface area is 142 Å². The lowest BCUT2D eigenvalue weighted by molar-refractivity contribution is -0.141. The molecule has 4 heteroatoms. The minimum atomic E-state index is -1.18. The van der Waals surface area contributed by atoms with E-state index >= 15 is 0 Å². The molecule has 0 aliphatic heterocycles. The summed E-state index contributed by atoms with van der Waals surface area (Å²) in [4.78, 5) is 25.4. The van der Waals surface area contributed by atoms with Crippen LogP contribution in [0.3, 0.4) is 0 Å². The van der Waals surface area contributed by atoms with Gasteiger partial charge in [0, 0.05) is 6.54 Å². The molecule has 0 saturated carbocycles. The number of ketones is 1. The van der Waals surface area contributed by atoms with Crippen LogP contribution in [-0.4, -0.2) is 29.9 Å². The molecule has 2 N–H and O–H groups in total. The summed E-state index contributed by atoms with van der Waals surface area (Å²) in [5, 5.41) is 11.7. The number of rotatable bonds is 8. The van der Waals surface area contributed by atoms with Gasteiger partial charge in [-0.1, -0.05) is 60.7 Å². The SMILES string of the molecule is CC(=O)C(Cc1ccccc1)(Cc1ccccc1)C(=O)NCCO. The molecule has 0 aliphatic carbocycles. The second-order valence-electron chi connectivity index (χ2n) is 5.94. The molecule has 0 heterocycles. The highest BCUT2D eigenvalue weighted by molar-refractivity contribution is 6.05. The molecule has 1 amide bonds. The monoisotopic (exact) mass is 325 g/mol. The Kier molecular flexibility index (Phi) is 6.27. The van der Waals surface area contributed by atoms with Gasteiger partial charge in [-0.05, 0) is 30.9 Å². The minimum Gasteiger partial charge on any atom is -0.395 e. The third-order valence-electron chi connectivity index (χ3n) is 4.20. The Morgan fingerprint density at radius 2 is 1.38 bits per heavy atom. The second kappa shape index (κ2) is 8.41. The molecule has 2 aromatic rings. The number of aliphatic hydroxyl groups excluding tert-OH is 1. The fraction of sp³-hybridized carbons (Fsp3) is 0.300. The van der Waals surface area contributed by atoms with Gasteiger partial charge < -0.3 is 10.4 Å². The Morgan fingerprint density at radius 3 is 1.75 bits per heavy atom. The number of carbonyl (C=O) groups excluding carboxylic acids is 2. The Balaban J connectivity index is 2.39. The van der Waals surface area contributed by atoms with E-state index in [4.69, 9.17) is 5.11 Å². The first-order chi connectivity index (χ1) is 11.6. The van der Waals surface area contributed by atoms with Gasteiger partial charge >= 0.3 is 0 Å². The smallest absolute Gasteiger partial charge is 0.234 e. The summed E-state index contributed by atoms with van der Waals surface area (Å²) < 4.78 is 0. The van der Waals surface area contributed by atoms with E-state index in [1.165, 1.54) is 6.92 Å². The third-order valence-corrected chi connectivity index (χ3v) is 4.20. The third kappa shape index (κ3) is 4.30. The number of amides is 1. The molecule has 0 saturated heterocycles. The number of carbonyl (C=O) groups is 2. The van der Waals surface area contributed by atoms with Gasteiger partial charge in [0.05, 0.1) is 6.61 Å². The Bertz CT molecular complexity index is 626. The normalized spacial score (nSPS) is 11.1. The molecule has 0 aliphatic rings. The average molecular weight is 325 g/mol. The van der Waals surface area contributed by atoms with Crippen LogP contribution in [0.1, 0.15) is 18.1 Å². The van der Waals surface area contributed by atoms with Crippen molar-refractivity contribution in [3.8, 4) is 0 Å². The molecule has 2 aromatic carbocycles. The van der Waals surface area contributed by atoms with Crippen molar-refractivity contribution in [2.75, 3.05) is 13.2 Å². The molecule has 2 rings (SSSR count). The van der Waals surface area contributed by atoms with Crippen molar-refractivity contribution in [3.05, 3.63) is 71.8 Å². The molecular formula is C20H23NO3. The molecule has 24 heavy (non-hydrogen) atoms. The van der Waals surface area contributed by atoms with Crippen LogP contribution in [0, 0.1) is 5.41 Å². The van der Waals surface area contributed by atoms with Gasteiger partial charge in [-0.15, -0.1) is 0 Å². The van der Waals surface area contributed by atoms with Gasteiger partial charge in [0.2, 0.25) is 5.91 Å². The molecule has 0 atom stereocenters. The van der Waals surface area contributed by atoms with E-state index in [9.17, 15) is 9.59 Å². The van der Waals surface area contributed by atoms with E-state index in [1.807, 2.05) is 60.7 Å². The van der Waals surface area contributed by atoms with E-state index in [2.05, 4.69) is 5.32 Å². The maximum atomic E-state index is 12.8. The van der Waals surface area contributed by atoms with E-state index in [1.54, 1.807) is 0 Å². The summed E-state index contributed by atoms with van der Waals surface area (Å²) in [6.07, 6.45) is 0.657. The highest BCUT2D eigenvalue weighted by Crippen LogP contribution is 2.30. The highest BCUT2D eigenvalue weighted by Gasteiger charge is 2.43. The zero-order valence-corrected chi connectivity index (χ0v) is 13.9. The summed E-state index contributed by atoms with van der Waals surface area (Å²) in [5.74, 6) is -0.512. The van der Waals surface area contributed by atoms with Crippen LogP contribution < -0.4 is 5.32 Å². The first-order valence-electron chi connectivity index (χ1n) is 8.06. The summed E-state index contributed by atoms with van der Waals surface area (Å²) >= 11 is 0. The summed E-state index contributed by atoms with van der Waals surface area (Å²) in [5.41, 5.74) is 0.684. The Hall–Kier alpha value is -2.46. The number of nitrogens with one attached hydrogen (secondary N) is 1. The lowest BCUT2D eigenvalue weighted by Crippen LogP contribution is -2.49. The van der Waals surface area contributed by atoms with Crippen LogP contribution in [-0.2, 0) is 22.4 Å². The quantitative estimate of drug-likeness (QED) is 0.731. The van der Waals surface area contributed by atoms with Crippen LogP contribution in [0.2, 0.25) is 0 Å². The van der Waals surface area contributed by atoms with Gasteiger partial charge in [-0.2, -0.15) is 0 Å². The molecule has 126 valence electrons. The van der Waals surface area contributed by atoms with Gasteiger partial charge in [-0.3, -0.25) is 9.59 Å². The standard InChI is InChI=1S/C20H23NO3/c1-16(23)20(19(24)21-12-13-22,14-17-8-4-2-5-9-17)15-18-10-6-3-7-11-18/h2-11,22H,12-15H2,1H3,(H,21,24). The number of hydrogen-bond acceptors (Lipinski definition) is 3. The van der Waals surface area contributed by atoms with Gasteiger partial charge in [0.25, 0.3) is 0 Å². The average Bonchev–Trinajstić information content (AvgIpc) is 2.60. The minimum absolute atomic E-state index is 0.136. The van der Waals surface area contributed by atoms with Gasteiger partial charge in [0.15, 0.2) is 0 Å². The number of Topliss-reactive ketones (excluding diaryl/α,β-unsaturated/α-hetero) is 1. The van der Waals surface area contributed by atoms with E-state index in [-0.39, 0.29) is 24.8 Å². The fourth-order valence-electron chi connectivity index (χ4n) is 2.86. The van der Waals surface area contributed by atoms with Crippen molar-refractivity contribution in [1.29, 1.82) is 0 Å². The van der Waals surface area contributed by atoms with Crippen molar-refractivity contribution in [2.45, 2.75) is 19.8 Å². The second-order valence-corrected chi connectivity index (χ2v) is 5.94. The van der Waals surface area contributed by atoms with Crippen molar-refractivity contribution < 1.29 is 14.7 Å². The molecule has 0 spiro atoms. The van der Waals surface area contributed by atoms with Crippen molar-refractivity contribution >= 4 is 11.7 Å². The summed E-state index contributed by atoms with van der Waals surface area (Å²) in [6.45, 7) is 1.44. The van der Waals surface area contributed by atoms with E-state index in [0.29, 0.717) is 12.8 Å². The van der Waals surface area contributed by atoms with Crippen LogP contribution >= 0.6 is 0 Å². The van der Waals surface area contributed by atoms with Crippen LogP contribution in [0.15, 0.2) is 60.7 Å². The zero-order chi connectivity index (χ0) is 17.4. The zero-order valence-electron chi connectivity index (χ0n) is 13.9. The van der Waals surface area contributed by atoms with Gasteiger partial charge in [0.1, 0.15) is 11.2 Å². The first-order valence-corrected chi connectivity index (χ1v) is 8.06. The maximum absolute atomic E-state index is 12.8. The molecule has 0 radical (unpaired) electrons. The largest absolute Gasteiger partial charge is 0.395 e. The predicted octanol–water partition coefficient (Wildman–Crippen LogP) is 2.16. The van der Waals surface area contributed by atoms with Crippen LogP contribution in [0.25, 0.3) is 0 Å². The first kappa shape index (κ1) is 17.9. The molecule has 0 fully saturated rings. The molecule has 0 aromatic heterocycles. The topological polar surface area (TPSA) is 66.4 Å². The number of aliphatic hydroxyl groups is 1. The molecule has 4 nitrogen and oxygen atoms in total. The van der Waals surface area contributed by atoms with Crippen molar-refractivity contribution in [1.82, 2.24) is 5.32 Å². The van der Waals surface area contributed by atoms with Crippen molar-refractivity contribution in [2.24, 2.45) is 5.41 Å². The van der Waals surface area contributed by atoms with Crippen LogP contribution in [0.5, 0.6) is 0 Å². The maximum Gasteiger partial charge on any atom is 0.234 e. The molecular weight excluding hydrogens is 302 g/mol. The lowest BCUT2D eigenvalue weighted by Gasteiger charge is -2.30. The number of benzene rings is 2. The summed E-state index contributed by atoms with van der Waals surface area (Å²) in [6, 6.07) is 19.1. The van der Waals surface area contributed by atoms with E-state index < -0.39 is 5.41 Å². The van der Waals surface area contributed by atoms with Crippen molar-refractivity contribution in [3.63, 3.8) is 0 Å². The molecule has 0 bridgehead atoms. The fourth-order valence-corrected chi connectivity index (χ4v) is 2.86. The van der Waals surface area contributed by atoms with Crippen LogP contribution in [0.4, 0.5) is 0 Å². The Morgan fingerprint density at radius 1 is 0.917 bits per heavy atom. The van der Waals surface area contributed by atoms with E-state index in [0.717, 1.165) is 11.1 Å². The highest BCUT2D eigenvalue weighted by atomic mass is 16.3. The molecule has 0 unspecified atom stereocenters. The predicted molar refractivity (Wildman–Crippen MR) is 93.5 cm³/mol. The number of hydrogen-bond donors (Lipinski definition) is 2. The van der Waals surface area contributed by atoms with Gasteiger partial charge in [-0.25, -0.2) is 0 Å². The summed E-state index contributed by atoms with van der Waals surface area (Å²) in [7, 11) is 0. The lowest BCUT2D eigenvalue weighted by atomic mass is 9.72.